The molecule has 134 valence electrons. The van der Waals surface area contributed by atoms with Crippen molar-refractivity contribution in [2.45, 2.75) is 13.8 Å². The summed E-state index contributed by atoms with van der Waals surface area (Å²) >= 11 is 8.28. The third kappa shape index (κ3) is 4.00. The van der Waals surface area contributed by atoms with Crippen LogP contribution in [0.5, 0.6) is 0 Å². The molecule has 8 heteroatoms. The van der Waals surface area contributed by atoms with Gasteiger partial charge in [0.15, 0.2) is 0 Å². The first kappa shape index (κ1) is 18.7. The molecule has 5 nitrogen and oxygen atoms in total. The predicted octanol–water partition coefficient (Wildman–Crippen LogP) is 4.69. The van der Waals surface area contributed by atoms with Gasteiger partial charge in [0.05, 0.1) is 4.91 Å². The first-order chi connectivity index (χ1) is 12.3. The van der Waals surface area contributed by atoms with E-state index in [2.05, 4.69) is 5.32 Å². The van der Waals surface area contributed by atoms with Crippen LogP contribution in [-0.4, -0.2) is 28.5 Å². The Morgan fingerprint density at radius 1 is 1.23 bits per heavy atom. The molecule has 0 saturated carbocycles. The van der Waals surface area contributed by atoms with Crippen LogP contribution in [0.1, 0.15) is 16.0 Å². The number of anilines is 1. The molecule has 1 aromatic carbocycles. The maximum Gasteiger partial charge on any atom is 0.294 e. The van der Waals surface area contributed by atoms with Crippen LogP contribution in [0.25, 0.3) is 6.08 Å². The zero-order valence-electron chi connectivity index (χ0n) is 14.0. The highest BCUT2D eigenvalue weighted by Gasteiger charge is 2.36. The van der Waals surface area contributed by atoms with E-state index in [1.807, 2.05) is 25.3 Å². The number of nitrogens with one attached hydrogen (secondary N) is 1. The Kier molecular flexibility index (Phi) is 5.50. The summed E-state index contributed by atoms with van der Waals surface area (Å²) in [6.45, 7) is 3.43. The highest BCUT2D eigenvalue weighted by atomic mass is 35.5. The minimum atomic E-state index is -0.453. The molecular weight excluding hydrogens is 392 g/mol. The van der Waals surface area contributed by atoms with Crippen LogP contribution < -0.4 is 5.32 Å². The molecule has 0 radical (unpaired) electrons. The second kappa shape index (κ2) is 7.65. The molecule has 26 heavy (non-hydrogen) atoms. The summed E-state index contributed by atoms with van der Waals surface area (Å²) < 4.78 is 0. The summed E-state index contributed by atoms with van der Waals surface area (Å²) in [5, 5.41) is 4.66. The number of carbonyl (C=O) groups is 3. The number of amides is 3. The average molecular weight is 407 g/mol. The standard InChI is InChI=1S/C18H15ClN2O3S2/c1-10-3-4-12(19)7-13(10)20-16(22)9-21-17(23)15(26-18(21)24)8-14-11(2)5-6-25-14/h3-8H,9H2,1-2H3,(H,20,22). The molecular formula is C18H15ClN2O3S2. The molecule has 0 atom stereocenters. The van der Waals surface area contributed by atoms with Crippen LogP contribution in [0.15, 0.2) is 34.6 Å². The smallest absolute Gasteiger partial charge is 0.294 e. The van der Waals surface area contributed by atoms with Gasteiger partial charge in [-0.05, 0) is 66.4 Å². The summed E-state index contributed by atoms with van der Waals surface area (Å²) in [6, 6.07) is 7.08. The van der Waals surface area contributed by atoms with Gasteiger partial charge in [0.2, 0.25) is 5.91 Å². The molecule has 2 heterocycles. The Balaban J connectivity index is 1.71. The van der Waals surface area contributed by atoms with Crippen LogP contribution >= 0.6 is 34.7 Å². The van der Waals surface area contributed by atoms with Crippen molar-refractivity contribution in [3.8, 4) is 0 Å². The lowest BCUT2D eigenvalue weighted by atomic mass is 10.2. The van der Waals surface area contributed by atoms with Crippen molar-refractivity contribution in [3.63, 3.8) is 0 Å². The van der Waals surface area contributed by atoms with Gasteiger partial charge in [-0.15, -0.1) is 11.3 Å². The molecule has 0 unspecified atom stereocenters. The summed E-state index contributed by atoms with van der Waals surface area (Å²) in [7, 11) is 0. The maximum absolute atomic E-state index is 12.5. The summed E-state index contributed by atoms with van der Waals surface area (Å²) in [4.78, 5) is 39.1. The fraction of sp³-hybridized carbons (Fsp3) is 0.167. The minimum absolute atomic E-state index is 0.326. The van der Waals surface area contributed by atoms with Gasteiger partial charge in [-0.3, -0.25) is 19.3 Å². The van der Waals surface area contributed by atoms with Gasteiger partial charge in [-0.25, -0.2) is 0 Å². The lowest BCUT2D eigenvalue weighted by molar-refractivity contribution is -0.127. The number of hydrogen-bond acceptors (Lipinski definition) is 5. The normalized spacial score (nSPS) is 15.8. The fourth-order valence-corrected chi connectivity index (χ4v) is 4.28. The predicted molar refractivity (Wildman–Crippen MR) is 107 cm³/mol. The molecule has 1 N–H and O–H groups in total. The van der Waals surface area contributed by atoms with Crippen molar-refractivity contribution in [3.05, 3.63) is 55.6 Å². The number of aryl methyl sites for hydroxylation is 2. The van der Waals surface area contributed by atoms with Crippen LogP contribution in [0.2, 0.25) is 5.02 Å². The maximum atomic E-state index is 12.5. The molecule has 1 aromatic heterocycles. The van der Waals surface area contributed by atoms with Gasteiger partial charge >= 0.3 is 0 Å². The van der Waals surface area contributed by atoms with Crippen LogP contribution in [-0.2, 0) is 9.59 Å². The van der Waals surface area contributed by atoms with Crippen LogP contribution in [0.3, 0.4) is 0 Å². The van der Waals surface area contributed by atoms with Gasteiger partial charge < -0.3 is 5.32 Å². The first-order valence-corrected chi connectivity index (χ1v) is 9.78. The highest BCUT2D eigenvalue weighted by molar-refractivity contribution is 8.18. The number of thioether (sulfide) groups is 1. The lowest BCUT2D eigenvalue weighted by Crippen LogP contribution is -2.36. The van der Waals surface area contributed by atoms with Crippen LogP contribution in [0, 0.1) is 13.8 Å². The van der Waals surface area contributed by atoms with E-state index in [9.17, 15) is 14.4 Å². The van der Waals surface area contributed by atoms with E-state index >= 15 is 0 Å². The van der Waals surface area contributed by atoms with Crippen molar-refractivity contribution in [1.29, 1.82) is 0 Å². The van der Waals surface area contributed by atoms with E-state index in [-0.39, 0.29) is 6.54 Å². The average Bonchev–Trinajstić information content (AvgIpc) is 3.10. The number of rotatable bonds is 4. The third-order valence-corrected chi connectivity index (χ3v) is 5.92. The molecule has 3 rings (SSSR count). The van der Waals surface area contributed by atoms with E-state index in [0.29, 0.717) is 15.6 Å². The Bertz CT molecular complexity index is 936. The molecule has 1 saturated heterocycles. The van der Waals surface area contributed by atoms with Crippen molar-refractivity contribution in [2.75, 3.05) is 11.9 Å². The van der Waals surface area contributed by atoms with Gasteiger partial charge in [0, 0.05) is 15.6 Å². The highest BCUT2D eigenvalue weighted by Crippen LogP contribution is 2.33. The Morgan fingerprint density at radius 3 is 2.69 bits per heavy atom. The largest absolute Gasteiger partial charge is 0.324 e. The minimum Gasteiger partial charge on any atom is -0.324 e. The summed E-state index contributed by atoms with van der Waals surface area (Å²) in [5.74, 6) is -0.906. The Labute approximate surface area is 164 Å². The Hall–Kier alpha value is -2.09. The van der Waals surface area contributed by atoms with Crippen molar-refractivity contribution < 1.29 is 14.4 Å². The number of halogens is 1. The number of hydrogen-bond donors (Lipinski definition) is 1. The Morgan fingerprint density at radius 2 is 2.00 bits per heavy atom. The quantitative estimate of drug-likeness (QED) is 0.748. The number of benzene rings is 1. The second-order valence-corrected chi connectivity index (χ2v) is 8.12. The first-order valence-electron chi connectivity index (χ1n) is 7.70. The molecule has 2 aromatic rings. The van der Waals surface area contributed by atoms with Gasteiger partial charge in [-0.1, -0.05) is 17.7 Å². The van der Waals surface area contributed by atoms with Gasteiger partial charge in [0.1, 0.15) is 6.54 Å². The van der Waals surface area contributed by atoms with Crippen molar-refractivity contribution in [2.24, 2.45) is 0 Å². The van der Waals surface area contributed by atoms with E-state index in [1.54, 1.807) is 24.3 Å². The fourth-order valence-electron chi connectivity index (χ4n) is 2.35. The summed E-state index contributed by atoms with van der Waals surface area (Å²) in [6.07, 6.45) is 1.70. The van der Waals surface area contributed by atoms with E-state index in [0.717, 1.165) is 32.7 Å². The molecule has 0 bridgehead atoms. The molecule has 0 aliphatic carbocycles. The molecule has 3 amide bonds. The molecule has 0 spiro atoms. The monoisotopic (exact) mass is 406 g/mol. The number of imide groups is 1. The van der Waals surface area contributed by atoms with E-state index in [4.69, 9.17) is 11.6 Å². The van der Waals surface area contributed by atoms with Crippen molar-refractivity contribution in [1.82, 2.24) is 4.90 Å². The second-order valence-electron chi connectivity index (χ2n) is 5.74. The van der Waals surface area contributed by atoms with E-state index < -0.39 is 17.1 Å². The topological polar surface area (TPSA) is 66.5 Å². The van der Waals surface area contributed by atoms with Gasteiger partial charge in [0.25, 0.3) is 11.1 Å². The zero-order valence-corrected chi connectivity index (χ0v) is 16.4. The SMILES string of the molecule is Cc1ccc(Cl)cc1NC(=O)CN1C(=O)SC(=Cc2sccc2C)C1=O. The van der Waals surface area contributed by atoms with Crippen LogP contribution in [0.4, 0.5) is 10.5 Å². The molecule has 1 aliphatic rings. The zero-order chi connectivity index (χ0) is 18.8. The van der Waals surface area contributed by atoms with E-state index in [1.165, 1.54) is 11.3 Å². The number of carbonyl (C=O) groups excluding carboxylic acids is 3. The van der Waals surface area contributed by atoms with Gasteiger partial charge in [-0.2, -0.15) is 0 Å². The number of thiophene rings is 1. The third-order valence-electron chi connectivity index (χ3n) is 3.81. The van der Waals surface area contributed by atoms with Crippen molar-refractivity contribution >= 4 is 63.5 Å². The molecule has 1 aliphatic heterocycles. The number of nitrogens with zero attached hydrogens (tertiary/aromatic N) is 1. The lowest BCUT2D eigenvalue weighted by Gasteiger charge is -2.13. The molecule has 1 fully saturated rings. The summed E-state index contributed by atoms with van der Waals surface area (Å²) in [5.41, 5.74) is 2.43.